The number of methoxy groups -OCH3 is 1. The molecular weight excluding hydrogens is 695 g/mol. The average molecular weight is 736 g/mol. The van der Waals surface area contributed by atoms with Gasteiger partial charge >= 0.3 is 0 Å². The van der Waals surface area contributed by atoms with Crippen LogP contribution in [-0.2, 0) is 25.9 Å². The SMILES string of the molecule is COc1cc2c(cc1OCCn1cccc1)CN(CCc1ccc(-n3nnc(-c4cc(C)c(C)cc4NC(=O)c4cc(=O)c5ccccc5o4)n3)cc1)CC2. The number of rotatable bonds is 12. The first-order valence-corrected chi connectivity index (χ1v) is 18.3. The van der Waals surface area contributed by atoms with Crippen LogP contribution in [0.1, 0.15) is 38.4 Å². The van der Waals surface area contributed by atoms with Crippen LogP contribution in [0.4, 0.5) is 5.69 Å². The number of ether oxygens (including phenoxy) is 2. The minimum absolute atomic E-state index is 0.0888. The van der Waals surface area contributed by atoms with Crippen LogP contribution in [0.15, 0.2) is 113 Å². The van der Waals surface area contributed by atoms with Gasteiger partial charge in [0, 0.05) is 43.7 Å². The van der Waals surface area contributed by atoms with E-state index in [1.54, 1.807) is 31.4 Å². The molecule has 0 fully saturated rings. The molecule has 8 rings (SSSR count). The molecule has 4 heterocycles. The Morgan fingerprint density at radius 3 is 2.49 bits per heavy atom. The van der Waals surface area contributed by atoms with E-state index in [2.05, 4.69) is 54.5 Å². The summed E-state index contributed by atoms with van der Waals surface area (Å²) in [5, 5.41) is 16.7. The zero-order chi connectivity index (χ0) is 37.9. The number of nitrogens with zero attached hydrogens (tertiary/aromatic N) is 6. The van der Waals surface area contributed by atoms with Crippen LogP contribution in [0.3, 0.4) is 0 Å². The molecule has 7 aromatic rings. The smallest absolute Gasteiger partial charge is 0.291 e. The summed E-state index contributed by atoms with van der Waals surface area (Å²) in [6.45, 7) is 8.03. The molecule has 0 saturated heterocycles. The van der Waals surface area contributed by atoms with Gasteiger partial charge in [0.05, 0.1) is 30.4 Å². The van der Waals surface area contributed by atoms with E-state index in [1.807, 2.05) is 62.6 Å². The Morgan fingerprint density at radius 2 is 1.67 bits per heavy atom. The summed E-state index contributed by atoms with van der Waals surface area (Å²) in [5.74, 6) is 1.27. The number of carbonyl (C=O) groups is 1. The second kappa shape index (κ2) is 15.4. The van der Waals surface area contributed by atoms with Crippen LogP contribution in [0.5, 0.6) is 11.5 Å². The second-order valence-corrected chi connectivity index (χ2v) is 13.8. The van der Waals surface area contributed by atoms with E-state index >= 15 is 0 Å². The van der Waals surface area contributed by atoms with Gasteiger partial charge in [0.25, 0.3) is 5.91 Å². The molecule has 0 bridgehead atoms. The summed E-state index contributed by atoms with van der Waals surface area (Å²) in [6, 6.07) is 28.3. The van der Waals surface area contributed by atoms with Crippen LogP contribution < -0.4 is 20.2 Å². The first-order valence-electron chi connectivity index (χ1n) is 18.3. The van der Waals surface area contributed by atoms with Crippen LogP contribution in [0, 0.1) is 13.8 Å². The Morgan fingerprint density at radius 1 is 0.891 bits per heavy atom. The highest BCUT2D eigenvalue weighted by Crippen LogP contribution is 2.34. The van der Waals surface area contributed by atoms with Crippen molar-refractivity contribution in [3.8, 4) is 28.6 Å². The van der Waals surface area contributed by atoms with Gasteiger partial charge in [-0.1, -0.05) is 24.3 Å². The molecule has 0 spiro atoms. The van der Waals surface area contributed by atoms with Gasteiger partial charge < -0.3 is 23.8 Å². The second-order valence-electron chi connectivity index (χ2n) is 13.8. The topological polar surface area (TPSA) is 130 Å². The molecule has 3 aromatic heterocycles. The number of hydrogen-bond donors (Lipinski definition) is 1. The number of amides is 1. The maximum absolute atomic E-state index is 13.3. The van der Waals surface area contributed by atoms with Crippen molar-refractivity contribution in [2.75, 3.05) is 32.1 Å². The molecule has 1 N–H and O–H groups in total. The summed E-state index contributed by atoms with van der Waals surface area (Å²) in [5.41, 5.74) is 7.65. The Hall–Kier alpha value is -6.53. The van der Waals surface area contributed by atoms with E-state index in [0.717, 1.165) is 67.3 Å². The highest BCUT2D eigenvalue weighted by Gasteiger charge is 2.21. The highest BCUT2D eigenvalue weighted by atomic mass is 16.5. The summed E-state index contributed by atoms with van der Waals surface area (Å²) in [7, 11) is 1.69. The van der Waals surface area contributed by atoms with E-state index in [0.29, 0.717) is 34.7 Å². The average Bonchev–Trinajstić information content (AvgIpc) is 3.92. The molecule has 1 aliphatic rings. The molecule has 0 aliphatic carbocycles. The van der Waals surface area contributed by atoms with Crippen molar-refractivity contribution in [2.24, 2.45) is 0 Å². The number of tetrazole rings is 1. The number of anilines is 1. The molecule has 278 valence electrons. The van der Waals surface area contributed by atoms with Gasteiger partial charge in [0.15, 0.2) is 22.7 Å². The van der Waals surface area contributed by atoms with Gasteiger partial charge in [-0.15, -0.1) is 15.0 Å². The molecule has 0 unspecified atom stereocenters. The molecule has 4 aromatic carbocycles. The van der Waals surface area contributed by atoms with Crippen molar-refractivity contribution < 1.29 is 18.7 Å². The number of carbonyl (C=O) groups excluding carboxylic acids is 1. The minimum Gasteiger partial charge on any atom is -0.493 e. The fourth-order valence-electron chi connectivity index (χ4n) is 6.89. The number of para-hydroxylation sites is 1. The molecule has 0 radical (unpaired) electrons. The summed E-state index contributed by atoms with van der Waals surface area (Å²) in [4.78, 5) is 30.0. The first-order chi connectivity index (χ1) is 26.8. The standard InChI is InChI=1S/C43H41N7O5/c1-28-22-35(36(23-29(28)2)44-43(52)41-26-37(51)34-8-4-5-9-38(34)55-41)42-45-47-50(46-42)33-12-10-30(11-13-33)14-18-49-19-15-31-24-39(53-3)40(25-32(31)27-49)54-21-20-48-16-6-7-17-48/h4-13,16-17,22-26H,14-15,18-21,27H2,1-3H3,(H,44,52). The molecule has 0 saturated carbocycles. The quantitative estimate of drug-likeness (QED) is 0.144. The number of nitrogens with one attached hydrogen (secondary N) is 1. The summed E-state index contributed by atoms with van der Waals surface area (Å²) < 4.78 is 19.7. The van der Waals surface area contributed by atoms with Gasteiger partial charge in [-0.3, -0.25) is 14.5 Å². The maximum Gasteiger partial charge on any atom is 0.291 e. The lowest BCUT2D eigenvalue weighted by atomic mass is 9.98. The number of hydrogen-bond acceptors (Lipinski definition) is 9. The number of benzene rings is 4. The normalized spacial score (nSPS) is 12.8. The van der Waals surface area contributed by atoms with Crippen molar-refractivity contribution in [3.63, 3.8) is 0 Å². The van der Waals surface area contributed by atoms with Crippen molar-refractivity contribution in [2.45, 2.75) is 39.8 Å². The van der Waals surface area contributed by atoms with Gasteiger partial charge in [-0.2, -0.15) is 0 Å². The van der Waals surface area contributed by atoms with Gasteiger partial charge in [-0.25, -0.2) is 0 Å². The molecule has 55 heavy (non-hydrogen) atoms. The zero-order valence-electron chi connectivity index (χ0n) is 31.0. The number of aromatic nitrogens is 5. The zero-order valence-corrected chi connectivity index (χ0v) is 31.0. The van der Waals surface area contributed by atoms with Crippen molar-refractivity contribution in [1.82, 2.24) is 29.7 Å². The predicted molar refractivity (Wildman–Crippen MR) is 210 cm³/mol. The lowest BCUT2D eigenvalue weighted by Gasteiger charge is -2.29. The fraction of sp³-hybridized carbons (Fsp3) is 0.233. The lowest BCUT2D eigenvalue weighted by molar-refractivity contribution is 0.0997. The molecule has 12 heteroatoms. The van der Waals surface area contributed by atoms with Crippen molar-refractivity contribution >= 4 is 22.6 Å². The van der Waals surface area contributed by atoms with Crippen molar-refractivity contribution in [1.29, 1.82) is 0 Å². The molecular formula is C43H41N7O5. The Bertz CT molecular complexity index is 2540. The first kappa shape index (κ1) is 35.5. The number of fused-ring (bicyclic) bond motifs is 2. The Balaban J connectivity index is 0.919. The van der Waals surface area contributed by atoms with Crippen molar-refractivity contribution in [3.05, 3.63) is 147 Å². The largest absolute Gasteiger partial charge is 0.493 e. The van der Waals surface area contributed by atoms with Gasteiger partial charge in [-0.05, 0) is 120 Å². The van der Waals surface area contributed by atoms with Gasteiger partial charge in [0.2, 0.25) is 5.82 Å². The van der Waals surface area contributed by atoms with E-state index in [9.17, 15) is 9.59 Å². The predicted octanol–water partition coefficient (Wildman–Crippen LogP) is 6.79. The molecule has 0 atom stereocenters. The Labute approximate surface area is 317 Å². The highest BCUT2D eigenvalue weighted by molar-refractivity contribution is 6.05. The summed E-state index contributed by atoms with van der Waals surface area (Å²) in [6.07, 6.45) is 5.92. The van der Waals surface area contributed by atoms with Crippen LogP contribution >= 0.6 is 0 Å². The van der Waals surface area contributed by atoms with Crippen LogP contribution in [-0.4, -0.2) is 62.4 Å². The lowest BCUT2D eigenvalue weighted by Crippen LogP contribution is -2.32. The third kappa shape index (κ3) is 7.76. The van der Waals surface area contributed by atoms with Crippen LogP contribution in [0.2, 0.25) is 0 Å². The summed E-state index contributed by atoms with van der Waals surface area (Å²) >= 11 is 0. The monoisotopic (exact) mass is 735 g/mol. The van der Waals surface area contributed by atoms with E-state index in [4.69, 9.17) is 13.9 Å². The van der Waals surface area contributed by atoms with E-state index < -0.39 is 5.91 Å². The fourth-order valence-corrected chi connectivity index (χ4v) is 6.89. The van der Waals surface area contributed by atoms with Crippen LogP contribution in [0.25, 0.3) is 28.0 Å². The third-order valence-electron chi connectivity index (χ3n) is 10.1. The van der Waals surface area contributed by atoms with E-state index in [1.165, 1.54) is 27.6 Å². The van der Waals surface area contributed by atoms with E-state index in [-0.39, 0.29) is 11.2 Å². The molecule has 1 amide bonds. The third-order valence-corrected chi connectivity index (χ3v) is 10.1. The number of aryl methyl sites for hydroxylation is 2. The molecule has 1 aliphatic heterocycles. The van der Waals surface area contributed by atoms with Gasteiger partial charge in [0.1, 0.15) is 12.2 Å². The minimum atomic E-state index is -0.553. The molecule has 12 nitrogen and oxygen atoms in total. The maximum atomic E-state index is 13.3. The Kier molecular flexibility index (Phi) is 9.97.